The summed E-state index contributed by atoms with van der Waals surface area (Å²) in [5.74, 6) is -1.10. The fraction of sp³-hybridized carbons (Fsp3) is 0.300. The molecule has 3 amide bonds. The number of benzene rings is 3. The third-order valence-electron chi connectivity index (χ3n) is 8.08. The van der Waals surface area contributed by atoms with Gasteiger partial charge < -0.3 is 14.8 Å². The first kappa shape index (κ1) is 24.2. The van der Waals surface area contributed by atoms with E-state index < -0.39 is 17.4 Å². The van der Waals surface area contributed by atoms with Gasteiger partial charge in [-0.15, -0.1) is 0 Å². The van der Waals surface area contributed by atoms with Crippen LogP contribution in [0, 0.1) is 11.8 Å². The maximum atomic E-state index is 14.0. The van der Waals surface area contributed by atoms with Crippen molar-refractivity contribution in [3.63, 3.8) is 0 Å². The second kappa shape index (κ2) is 9.29. The first-order chi connectivity index (χ1) is 18.5. The summed E-state index contributed by atoms with van der Waals surface area (Å²) in [6.07, 6.45) is 0.992. The van der Waals surface area contributed by atoms with Crippen LogP contribution in [0.2, 0.25) is 0 Å². The van der Waals surface area contributed by atoms with Gasteiger partial charge in [-0.1, -0.05) is 54.6 Å². The molecule has 2 fully saturated rings. The van der Waals surface area contributed by atoms with Gasteiger partial charge in [0.2, 0.25) is 17.7 Å². The van der Waals surface area contributed by atoms with Gasteiger partial charge in [-0.3, -0.25) is 24.6 Å². The summed E-state index contributed by atoms with van der Waals surface area (Å²) < 4.78 is 10.7. The zero-order valence-corrected chi connectivity index (χ0v) is 21.3. The molecule has 3 aromatic carbocycles. The molecule has 0 aliphatic carbocycles. The number of nitrogens with one attached hydrogen (secondary N) is 2. The molecule has 3 aromatic rings. The molecule has 2 saturated heterocycles. The summed E-state index contributed by atoms with van der Waals surface area (Å²) >= 11 is 0. The number of carbonyl (C=O) groups is 3. The van der Waals surface area contributed by atoms with E-state index in [-0.39, 0.29) is 30.3 Å². The highest BCUT2D eigenvalue weighted by molar-refractivity contribution is 6.15. The number of methoxy groups -OCH3 is 2. The average molecular weight is 512 g/mol. The lowest BCUT2D eigenvalue weighted by molar-refractivity contribution is -0.142. The number of amides is 3. The van der Waals surface area contributed by atoms with E-state index in [1.54, 1.807) is 14.2 Å². The number of anilines is 1. The van der Waals surface area contributed by atoms with Crippen LogP contribution in [-0.2, 0) is 32.8 Å². The summed E-state index contributed by atoms with van der Waals surface area (Å²) in [5, 5.41) is 6.44. The highest BCUT2D eigenvalue weighted by Crippen LogP contribution is 2.53. The smallest absolute Gasteiger partial charge is 0.250 e. The molecule has 8 nitrogen and oxygen atoms in total. The molecule has 0 bridgehead atoms. The number of para-hydroxylation sites is 1. The number of hydrogen-bond donors (Lipinski definition) is 2. The van der Waals surface area contributed by atoms with E-state index in [4.69, 9.17) is 9.47 Å². The Kier molecular flexibility index (Phi) is 5.91. The zero-order valence-electron chi connectivity index (χ0n) is 21.3. The molecule has 0 saturated carbocycles. The van der Waals surface area contributed by atoms with Crippen LogP contribution in [0.25, 0.3) is 0 Å². The van der Waals surface area contributed by atoms with Crippen LogP contribution in [0.3, 0.4) is 0 Å². The van der Waals surface area contributed by atoms with Gasteiger partial charge in [0.05, 0.1) is 26.1 Å². The van der Waals surface area contributed by atoms with E-state index in [0.29, 0.717) is 30.0 Å². The number of ether oxygens (including phenoxy) is 2. The molecular formula is C30H29N3O5. The minimum Gasteiger partial charge on any atom is -0.493 e. The molecule has 1 spiro atoms. The average Bonchev–Trinajstić information content (AvgIpc) is 3.52. The van der Waals surface area contributed by atoms with Gasteiger partial charge in [0.15, 0.2) is 11.5 Å². The standard InChI is InChI=1S/C30H29N3O5/c1-37-23-13-12-19(17-24(23)38-2)14-15-33-27(34)25-22(16-18-8-4-3-5-9-18)32-30(26(25)28(33)35)20-10-6-7-11-21(20)31-29(30)36/h3-13,17,22,25-26,32H,14-16H2,1-2H3,(H,31,36). The fourth-order valence-corrected chi connectivity index (χ4v) is 6.36. The molecular weight excluding hydrogens is 482 g/mol. The van der Waals surface area contributed by atoms with Crippen molar-refractivity contribution in [1.29, 1.82) is 0 Å². The van der Waals surface area contributed by atoms with Gasteiger partial charge in [-0.05, 0) is 42.2 Å². The topological polar surface area (TPSA) is 97.0 Å². The Labute approximate surface area is 220 Å². The third-order valence-corrected chi connectivity index (χ3v) is 8.08. The molecule has 0 aromatic heterocycles. The van der Waals surface area contributed by atoms with Crippen LogP contribution in [0.1, 0.15) is 16.7 Å². The van der Waals surface area contributed by atoms with Crippen molar-refractivity contribution in [2.75, 3.05) is 26.1 Å². The minimum absolute atomic E-state index is 0.220. The van der Waals surface area contributed by atoms with E-state index in [1.165, 1.54) is 4.90 Å². The number of nitrogens with zero attached hydrogens (tertiary/aromatic N) is 1. The Morgan fingerprint density at radius 3 is 2.34 bits per heavy atom. The first-order valence-electron chi connectivity index (χ1n) is 12.8. The van der Waals surface area contributed by atoms with E-state index in [0.717, 1.165) is 16.7 Å². The number of imide groups is 1. The van der Waals surface area contributed by atoms with Gasteiger partial charge in [-0.2, -0.15) is 0 Å². The highest BCUT2D eigenvalue weighted by atomic mass is 16.5. The number of hydrogen-bond acceptors (Lipinski definition) is 6. The number of likely N-dealkylation sites (tertiary alicyclic amines) is 1. The Morgan fingerprint density at radius 1 is 0.842 bits per heavy atom. The molecule has 38 heavy (non-hydrogen) atoms. The number of carbonyl (C=O) groups excluding carboxylic acids is 3. The van der Waals surface area contributed by atoms with Crippen molar-refractivity contribution in [2.24, 2.45) is 11.8 Å². The van der Waals surface area contributed by atoms with Gasteiger partial charge >= 0.3 is 0 Å². The van der Waals surface area contributed by atoms with Crippen molar-refractivity contribution in [2.45, 2.75) is 24.4 Å². The Bertz CT molecular complexity index is 1420. The Balaban J connectivity index is 1.34. The van der Waals surface area contributed by atoms with Crippen molar-refractivity contribution in [3.05, 3.63) is 89.5 Å². The lowest BCUT2D eigenvalue weighted by Crippen LogP contribution is -2.53. The maximum absolute atomic E-state index is 14.0. The summed E-state index contributed by atoms with van der Waals surface area (Å²) in [6, 6.07) is 22.4. The highest BCUT2D eigenvalue weighted by Gasteiger charge is 2.70. The second-order valence-electron chi connectivity index (χ2n) is 10.0. The maximum Gasteiger partial charge on any atom is 0.250 e. The minimum atomic E-state index is -1.29. The molecule has 194 valence electrons. The van der Waals surface area contributed by atoms with Gasteiger partial charge in [0.25, 0.3) is 0 Å². The quantitative estimate of drug-likeness (QED) is 0.474. The van der Waals surface area contributed by atoms with Crippen LogP contribution < -0.4 is 20.1 Å². The fourth-order valence-electron chi connectivity index (χ4n) is 6.36. The molecule has 3 heterocycles. The second-order valence-corrected chi connectivity index (χ2v) is 10.0. The molecule has 6 rings (SSSR count). The zero-order chi connectivity index (χ0) is 26.4. The first-order valence-corrected chi connectivity index (χ1v) is 12.8. The van der Waals surface area contributed by atoms with E-state index >= 15 is 0 Å². The van der Waals surface area contributed by atoms with Crippen molar-refractivity contribution < 1.29 is 23.9 Å². The van der Waals surface area contributed by atoms with E-state index in [1.807, 2.05) is 72.8 Å². The summed E-state index contributed by atoms with van der Waals surface area (Å²) in [4.78, 5) is 42.8. The van der Waals surface area contributed by atoms with E-state index in [9.17, 15) is 14.4 Å². The number of rotatable bonds is 7. The van der Waals surface area contributed by atoms with E-state index in [2.05, 4.69) is 10.6 Å². The SMILES string of the molecule is COc1ccc(CCN2C(=O)C3C(Cc4ccccc4)NC4(C(=O)Nc5ccccc54)C3C2=O)cc1OC. The largest absolute Gasteiger partial charge is 0.493 e. The predicted molar refractivity (Wildman–Crippen MR) is 141 cm³/mol. The van der Waals surface area contributed by atoms with Crippen LogP contribution in [0.4, 0.5) is 5.69 Å². The molecule has 3 aliphatic heterocycles. The van der Waals surface area contributed by atoms with Crippen LogP contribution in [-0.4, -0.2) is 49.4 Å². The molecule has 2 N–H and O–H groups in total. The predicted octanol–water partition coefficient (Wildman–Crippen LogP) is 2.91. The van der Waals surface area contributed by atoms with Crippen molar-refractivity contribution >= 4 is 23.4 Å². The summed E-state index contributed by atoms with van der Waals surface area (Å²) in [6.45, 7) is 0.220. The van der Waals surface area contributed by atoms with Crippen LogP contribution in [0.5, 0.6) is 11.5 Å². The molecule has 0 radical (unpaired) electrons. The Hall–Kier alpha value is -4.17. The lowest BCUT2D eigenvalue weighted by atomic mass is 9.76. The third kappa shape index (κ3) is 3.59. The van der Waals surface area contributed by atoms with Crippen molar-refractivity contribution in [1.82, 2.24) is 10.2 Å². The van der Waals surface area contributed by atoms with Gasteiger partial charge in [-0.25, -0.2) is 0 Å². The summed E-state index contributed by atoms with van der Waals surface area (Å²) in [7, 11) is 3.14. The molecule has 8 heteroatoms. The monoisotopic (exact) mass is 511 g/mol. The number of fused-ring (bicyclic) bond motifs is 4. The van der Waals surface area contributed by atoms with Crippen LogP contribution in [0.15, 0.2) is 72.8 Å². The lowest BCUT2D eigenvalue weighted by Gasteiger charge is -2.29. The summed E-state index contributed by atoms with van der Waals surface area (Å²) in [5.41, 5.74) is 2.06. The van der Waals surface area contributed by atoms with Crippen molar-refractivity contribution in [3.8, 4) is 11.5 Å². The normalized spacial score (nSPS) is 25.5. The van der Waals surface area contributed by atoms with Crippen LogP contribution >= 0.6 is 0 Å². The molecule has 4 unspecified atom stereocenters. The molecule has 4 atom stereocenters. The Morgan fingerprint density at radius 2 is 1.58 bits per heavy atom. The van der Waals surface area contributed by atoms with Gasteiger partial charge in [0, 0.05) is 23.8 Å². The molecule has 3 aliphatic rings. The van der Waals surface area contributed by atoms with Gasteiger partial charge in [0.1, 0.15) is 5.54 Å².